The topological polar surface area (TPSA) is 84.2 Å². The van der Waals surface area contributed by atoms with Gasteiger partial charge in [0.05, 0.1) is 5.56 Å². The molecule has 1 aliphatic carbocycles. The van der Waals surface area contributed by atoms with Gasteiger partial charge in [0.1, 0.15) is 5.00 Å². The Hall–Kier alpha value is -1.47. The molecule has 2 rings (SSSR count). The minimum absolute atomic E-state index is 0.112. The molecule has 2 amide bonds. The summed E-state index contributed by atoms with van der Waals surface area (Å²) in [6, 6.07) is 0. The maximum atomic E-state index is 12.0. The number of anilines is 1. The normalized spacial score (nSPS) is 16.7. The number of rotatable bonds is 5. The summed E-state index contributed by atoms with van der Waals surface area (Å²) in [6.45, 7) is 8.80. The highest BCUT2D eigenvalue weighted by atomic mass is 32.1. The van der Waals surface area contributed by atoms with Crippen LogP contribution in [0.25, 0.3) is 0 Å². The summed E-state index contributed by atoms with van der Waals surface area (Å²) >= 11 is 6.78. The highest BCUT2D eigenvalue weighted by Gasteiger charge is 2.33. The van der Waals surface area contributed by atoms with E-state index in [-0.39, 0.29) is 16.4 Å². The van der Waals surface area contributed by atoms with Crippen molar-refractivity contribution in [2.24, 2.45) is 17.1 Å². The number of thiophene rings is 1. The lowest BCUT2D eigenvalue weighted by Gasteiger charge is -2.33. The molecule has 144 valence electrons. The molecule has 0 unspecified atom stereocenters. The number of carbonyl (C=O) groups is 2. The molecule has 1 aromatic rings. The van der Waals surface area contributed by atoms with E-state index < -0.39 is 5.91 Å². The van der Waals surface area contributed by atoms with Crippen molar-refractivity contribution in [1.82, 2.24) is 5.32 Å². The molecule has 0 spiro atoms. The van der Waals surface area contributed by atoms with Crippen LogP contribution in [0, 0.1) is 11.3 Å². The molecule has 5 nitrogen and oxygen atoms in total. The van der Waals surface area contributed by atoms with Crippen LogP contribution in [0.5, 0.6) is 0 Å². The van der Waals surface area contributed by atoms with Crippen LogP contribution in [-0.2, 0) is 17.6 Å². The summed E-state index contributed by atoms with van der Waals surface area (Å²) in [5, 5.41) is 6.58. The van der Waals surface area contributed by atoms with Gasteiger partial charge in [-0.25, -0.2) is 0 Å². The standard InChI is InChI=1S/C19H29N3O2S2/c1-5-6-7-14(23)21-18(25)22-17-15(16(20)24)12-9-8-11(19(2,3)4)10-13(12)26-17/h11H,5-10H2,1-4H3,(H2,20,24)(H2,21,22,23,25)/t11-/m0/s1. The minimum atomic E-state index is -0.445. The molecule has 26 heavy (non-hydrogen) atoms. The Labute approximate surface area is 165 Å². The van der Waals surface area contributed by atoms with E-state index >= 15 is 0 Å². The molecule has 0 saturated carbocycles. The van der Waals surface area contributed by atoms with Crippen LogP contribution in [0.3, 0.4) is 0 Å². The van der Waals surface area contributed by atoms with E-state index in [4.69, 9.17) is 18.0 Å². The first kappa shape index (κ1) is 20.8. The van der Waals surface area contributed by atoms with Gasteiger partial charge in [-0.2, -0.15) is 0 Å². The number of amides is 2. The molecule has 1 aromatic heterocycles. The first-order chi connectivity index (χ1) is 12.1. The molecule has 0 bridgehead atoms. The number of thiocarbonyl (C=S) groups is 1. The number of nitrogens with two attached hydrogens (primary N) is 1. The fraction of sp³-hybridized carbons (Fsp3) is 0.632. The molecule has 0 radical (unpaired) electrons. The van der Waals surface area contributed by atoms with Crippen LogP contribution >= 0.6 is 23.6 Å². The number of unbranched alkanes of at least 4 members (excludes halogenated alkanes) is 1. The van der Waals surface area contributed by atoms with Gasteiger partial charge in [0, 0.05) is 11.3 Å². The zero-order valence-electron chi connectivity index (χ0n) is 16.0. The smallest absolute Gasteiger partial charge is 0.251 e. The monoisotopic (exact) mass is 395 g/mol. The Balaban J connectivity index is 2.17. The van der Waals surface area contributed by atoms with E-state index in [1.807, 2.05) is 6.92 Å². The van der Waals surface area contributed by atoms with Crippen LogP contribution < -0.4 is 16.4 Å². The van der Waals surface area contributed by atoms with Gasteiger partial charge in [-0.1, -0.05) is 34.1 Å². The highest BCUT2D eigenvalue weighted by Crippen LogP contribution is 2.44. The van der Waals surface area contributed by atoms with E-state index in [0.29, 0.717) is 22.9 Å². The van der Waals surface area contributed by atoms with Crippen molar-refractivity contribution in [3.8, 4) is 0 Å². The lowest BCUT2D eigenvalue weighted by molar-refractivity contribution is -0.119. The zero-order valence-corrected chi connectivity index (χ0v) is 17.7. The Kier molecular flexibility index (Phi) is 6.80. The van der Waals surface area contributed by atoms with Crippen LogP contribution in [-0.4, -0.2) is 16.9 Å². The van der Waals surface area contributed by atoms with Gasteiger partial charge in [0.15, 0.2) is 5.11 Å². The molecule has 0 fully saturated rings. The summed E-state index contributed by atoms with van der Waals surface area (Å²) in [7, 11) is 0. The summed E-state index contributed by atoms with van der Waals surface area (Å²) < 4.78 is 0. The maximum Gasteiger partial charge on any atom is 0.251 e. The Morgan fingerprint density at radius 1 is 1.35 bits per heavy atom. The van der Waals surface area contributed by atoms with Crippen LogP contribution in [0.4, 0.5) is 5.00 Å². The van der Waals surface area contributed by atoms with E-state index in [2.05, 4.69) is 31.4 Å². The fourth-order valence-electron chi connectivity index (χ4n) is 3.33. The molecular weight excluding hydrogens is 366 g/mol. The number of hydrogen-bond acceptors (Lipinski definition) is 4. The third-order valence-corrected chi connectivity index (χ3v) is 6.35. The average molecular weight is 396 g/mol. The van der Waals surface area contributed by atoms with E-state index in [0.717, 1.165) is 37.7 Å². The molecule has 1 aliphatic rings. The molecular formula is C19H29N3O2S2. The van der Waals surface area contributed by atoms with Crippen LogP contribution in [0.15, 0.2) is 0 Å². The SMILES string of the molecule is CCCCC(=O)NC(=S)Nc1sc2c(c1C(N)=O)CC[C@H](C(C)(C)C)C2. The maximum absolute atomic E-state index is 12.0. The second-order valence-electron chi connectivity index (χ2n) is 7.98. The Bertz CT molecular complexity index is 704. The first-order valence-corrected chi connectivity index (χ1v) is 10.4. The molecule has 4 N–H and O–H groups in total. The molecule has 1 heterocycles. The van der Waals surface area contributed by atoms with Gasteiger partial charge in [0.25, 0.3) is 5.91 Å². The van der Waals surface area contributed by atoms with Crippen molar-refractivity contribution >= 4 is 45.5 Å². The van der Waals surface area contributed by atoms with Gasteiger partial charge < -0.3 is 16.4 Å². The number of primary amides is 1. The number of hydrogen-bond donors (Lipinski definition) is 3. The van der Waals surface area contributed by atoms with Gasteiger partial charge in [-0.3, -0.25) is 9.59 Å². The minimum Gasteiger partial charge on any atom is -0.365 e. The second kappa shape index (κ2) is 8.48. The van der Waals surface area contributed by atoms with Crippen molar-refractivity contribution in [2.45, 2.75) is 66.2 Å². The summed E-state index contributed by atoms with van der Waals surface area (Å²) in [5.41, 5.74) is 7.45. The van der Waals surface area contributed by atoms with Gasteiger partial charge in [-0.15, -0.1) is 11.3 Å². The van der Waals surface area contributed by atoms with Gasteiger partial charge in [-0.05, 0) is 54.8 Å². The Morgan fingerprint density at radius 2 is 2.04 bits per heavy atom. The van der Waals surface area contributed by atoms with Crippen molar-refractivity contribution in [3.63, 3.8) is 0 Å². The number of carbonyl (C=O) groups excluding carboxylic acids is 2. The largest absolute Gasteiger partial charge is 0.365 e. The van der Waals surface area contributed by atoms with Crippen molar-refractivity contribution in [2.75, 3.05) is 5.32 Å². The van der Waals surface area contributed by atoms with Crippen molar-refractivity contribution < 1.29 is 9.59 Å². The van der Waals surface area contributed by atoms with Crippen LogP contribution in [0.1, 0.15) is 74.2 Å². The number of nitrogens with one attached hydrogen (secondary N) is 2. The highest BCUT2D eigenvalue weighted by molar-refractivity contribution is 7.80. The van der Waals surface area contributed by atoms with Crippen molar-refractivity contribution in [3.05, 3.63) is 16.0 Å². The quantitative estimate of drug-likeness (QED) is 0.658. The van der Waals surface area contributed by atoms with E-state index in [1.165, 1.54) is 16.2 Å². The molecule has 1 atom stereocenters. The lowest BCUT2D eigenvalue weighted by Crippen LogP contribution is -2.34. The average Bonchev–Trinajstić information content (AvgIpc) is 2.88. The van der Waals surface area contributed by atoms with E-state index in [9.17, 15) is 9.59 Å². The second-order valence-corrected chi connectivity index (χ2v) is 9.50. The molecule has 0 saturated heterocycles. The fourth-order valence-corrected chi connectivity index (χ4v) is 4.95. The third-order valence-electron chi connectivity index (χ3n) is 4.97. The summed E-state index contributed by atoms with van der Waals surface area (Å²) in [5.74, 6) is 0.0151. The molecule has 7 heteroatoms. The lowest BCUT2D eigenvalue weighted by atomic mass is 9.72. The van der Waals surface area contributed by atoms with Gasteiger partial charge in [0.2, 0.25) is 5.91 Å². The zero-order chi connectivity index (χ0) is 19.5. The summed E-state index contributed by atoms with van der Waals surface area (Å²) in [4.78, 5) is 25.1. The predicted molar refractivity (Wildman–Crippen MR) is 112 cm³/mol. The summed E-state index contributed by atoms with van der Waals surface area (Å²) in [6.07, 6.45) is 5.05. The number of fused-ring (bicyclic) bond motifs is 1. The van der Waals surface area contributed by atoms with E-state index in [1.54, 1.807) is 0 Å². The first-order valence-electron chi connectivity index (χ1n) is 9.18. The van der Waals surface area contributed by atoms with Gasteiger partial charge >= 0.3 is 0 Å². The molecule has 0 aromatic carbocycles. The third kappa shape index (κ3) is 5.04. The Morgan fingerprint density at radius 3 is 2.62 bits per heavy atom. The molecule has 0 aliphatic heterocycles. The predicted octanol–water partition coefficient (Wildman–Crippen LogP) is 4.00. The van der Waals surface area contributed by atoms with Crippen molar-refractivity contribution in [1.29, 1.82) is 0 Å². The van der Waals surface area contributed by atoms with Crippen LogP contribution in [0.2, 0.25) is 0 Å².